The molecule has 5 nitrogen and oxygen atoms in total. The number of halogens is 1. The van der Waals surface area contributed by atoms with Gasteiger partial charge in [-0.25, -0.2) is 0 Å². The van der Waals surface area contributed by atoms with Crippen LogP contribution in [0.25, 0.3) is 16.7 Å². The number of hydrogen-bond acceptors (Lipinski definition) is 3. The Morgan fingerprint density at radius 3 is 2.42 bits per heavy atom. The summed E-state index contributed by atoms with van der Waals surface area (Å²) in [7, 11) is 1.91. The van der Waals surface area contributed by atoms with Crippen molar-refractivity contribution in [2.24, 2.45) is 7.05 Å². The van der Waals surface area contributed by atoms with E-state index in [0.717, 1.165) is 22.0 Å². The van der Waals surface area contributed by atoms with Crippen LogP contribution in [0.5, 0.6) is 0 Å². The van der Waals surface area contributed by atoms with E-state index in [9.17, 15) is 14.7 Å². The van der Waals surface area contributed by atoms with Crippen molar-refractivity contribution in [2.45, 2.75) is 13.0 Å². The van der Waals surface area contributed by atoms with Gasteiger partial charge < -0.3 is 9.67 Å². The fraction of sp³-hybridized carbons (Fsp3) is 0.111. The van der Waals surface area contributed by atoms with Gasteiger partial charge in [0.15, 0.2) is 0 Å². The summed E-state index contributed by atoms with van der Waals surface area (Å²) in [6.07, 6.45) is 1.90. The molecule has 164 valence electrons. The summed E-state index contributed by atoms with van der Waals surface area (Å²) in [6, 6.07) is 21.0. The fourth-order valence-electron chi connectivity index (χ4n) is 4.48. The lowest BCUT2D eigenvalue weighted by molar-refractivity contribution is -0.132. The zero-order chi connectivity index (χ0) is 23.3. The lowest BCUT2D eigenvalue weighted by Gasteiger charge is -2.25. The Morgan fingerprint density at radius 2 is 1.70 bits per heavy atom. The molecule has 1 N–H and O–H groups in total. The standard InChI is InChI=1S/C27H21ClN2O3/c1-16-10-12-17(13-11-16)25(31)23-24(21-15-29(2)22-9-4-3-8-20(21)22)30(27(33)26(23)32)19-7-5-6-18(28)14-19/h3-15,24,31H,1-2H3/b25-23+. The van der Waals surface area contributed by atoms with Crippen LogP contribution < -0.4 is 4.90 Å². The van der Waals surface area contributed by atoms with Gasteiger partial charge in [-0.2, -0.15) is 0 Å². The van der Waals surface area contributed by atoms with Gasteiger partial charge in [0.2, 0.25) is 0 Å². The lowest BCUT2D eigenvalue weighted by Crippen LogP contribution is -2.29. The van der Waals surface area contributed by atoms with Crippen LogP contribution in [0.1, 0.15) is 22.7 Å². The van der Waals surface area contributed by atoms with Gasteiger partial charge in [-0.3, -0.25) is 14.5 Å². The second kappa shape index (κ2) is 7.94. The molecule has 1 unspecified atom stereocenters. The lowest BCUT2D eigenvalue weighted by atomic mass is 9.94. The molecular weight excluding hydrogens is 436 g/mol. The topological polar surface area (TPSA) is 62.5 Å². The van der Waals surface area contributed by atoms with Crippen LogP contribution in [0.4, 0.5) is 5.69 Å². The molecule has 4 aromatic rings. The summed E-state index contributed by atoms with van der Waals surface area (Å²) in [6.45, 7) is 1.94. The largest absolute Gasteiger partial charge is 0.507 e. The highest BCUT2D eigenvalue weighted by atomic mass is 35.5. The van der Waals surface area contributed by atoms with E-state index in [1.807, 2.05) is 61.1 Å². The van der Waals surface area contributed by atoms with Gasteiger partial charge in [0.05, 0.1) is 11.6 Å². The molecule has 1 aliphatic rings. The Morgan fingerprint density at radius 1 is 0.970 bits per heavy atom. The number of carbonyl (C=O) groups is 2. The SMILES string of the molecule is Cc1ccc(/C(O)=C2\C(=O)C(=O)N(c3cccc(Cl)c3)C2c2cn(C)c3ccccc23)cc1. The van der Waals surface area contributed by atoms with Gasteiger partial charge in [0, 0.05) is 46.0 Å². The maximum Gasteiger partial charge on any atom is 0.300 e. The molecule has 1 aromatic heterocycles. The molecular formula is C27H21ClN2O3. The van der Waals surface area contributed by atoms with Gasteiger partial charge in [0.25, 0.3) is 11.7 Å². The van der Waals surface area contributed by atoms with Crippen LogP contribution in [0, 0.1) is 6.92 Å². The summed E-state index contributed by atoms with van der Waals surface area (Å²) in [4.78, 5) is 28.1. The number of ketones is 1. The van der Waals surface area contributed by atoms with Gasteiger partial charge in [-0.05, 0) is 31.2 Å². The van der Waals surface area contributed by atoms with E-state index in [2.05, 4.69) is 0 Å². The maximum atomic E-state index is 13.3. The van der Waals surface area contributed by atoms with Crippen LogP contribution in [0.15, 0.2) is 84.6 Å². The number of para-hydroxylation sites is 1. The highest BCUT2D eigenvalue weighted by Gasteiger charge is 2.47. The number of rotatable bonds is 3. The molecule has 1 saturated heterocycles. The quantitative estimate of drug-likeness (QED) is 0.242. The van der Waals surface area contributed by atoms with E-state index in [1.54, 1.807) is 36.4 Å². The number of benzene rings is 3. The third-order valence-corrected chi connectivity index (χ3v) is 6.31. The summed E-state index contributed by atoms with van der Waals surface area (Å²) in [5, 5.41) is 12.6. The molecule has 1 aliphatic heterocycles. The van der Waals surface area contributed by atoms with Crippen LogP contribution in [0.2, 0.25) is 5.02 Å². The Bertz CT molecular complexity index is 1450. The Hall–Kier alpha value is -3.83. The first kappa shape index (κ1) is 21.0. The summed E-state index contributed by atoms with van der Waals surface area (Å²) in [5.74, 6) is -1.63. The minimum atomic E-state index is -0.809. The average molecular weight is 457 g/mol. The monoisotopic (exact) mass is 456 g/mol. The predicted octanol–water partition coefficient (Wildman–Crippen LogP) is 5.77. The predicted molar refractivity (Wildman–Crippen MR) is 130 cm³/mol. The van der Waals surface area contributed by atoms with E-state index in [4.69, 9.17) is 11.6 Å². The van der Waals surface area contributed by atoms with Gasteiger partial charge in [-0.1, -0.05) is 65.7 Å². The number of hydrogen-bond donors (Lipinski definition) is 1. The third kappa shape index (κ3) is 3.41. The molecule has 3 aromatic carbocycles. The van der Waals surface area contributed by atoms with E-state index < -0.39 is 17.7 Å². The van der Waals surface area contributed by atoms with Crippen LogP contribution >= 0.6 is 11.6 Å². The van der Waals surface area contributed by atoms with E-state index in [-0.39, 0.29) is 11.3 Å². The average Bonchev–Trinajstić information content (AvgIpc) is 3.27. The van der Waals surface area contributed by atoms with Crippen molar-refractivity contribution in [1.29, 1.82) is 0 Å². The second-order valence-electron chi connectivity index (χ2n) is 8.23. The minimum Gasteiger partial charge on any atom is -0.507 e. The Balaban J connectivity index is 1.81. The van der Waals surface area contributed by atoms with Crippen molar-refractivity contribution in [3.63, 3.8) is 0 Å². The number of aliphatic hydroxyl groups excluding tert-OH is 1. The molecule has 0 radical (unpaired) electrons. The summed E-state index contributed by atoms with van der Waals surface area (Å²) in [5.41, 5.74) is 3.76. The van der Waals surface area contributed by atoms with Gasteiger partial charge >= 0.3 is 0 Å². The Kier molecular flexibility index (Phi) is 5.06. The minimum absolute atomic E-state index is 0.0557. The second-order valence-corrected chi connectivity index (χ2v) is 8.66. The summed E-state index contributed by atoms with van der Waals surface area (Å²) < 4.78 is 1.95. The number of carbonyl (C=O) groups excluding carboxylic acids is 2. The maximum absolute atomic E-state index is 13.3. The number of nitrogens with zero attached hydrogens (tertiary/aromatic N) is 2. The number of amides is 1. The Labute approximate surface area is 196 Å². The highest BCUT2D eigenvalue weighted by Crippen LogP contribution is 2.44. The van der Waals surface area contributed by atoms with Gasteiger partial charge in [0.1, 0.15) is 5.76 Å². The zero-order valence-electron chi connectivity index (χ0n) is 18.1. The van der Waals surface area contributed by atoms with Gasteiger partial charge in [-0.15, -0.1) is 0 Å². The van der Waals surface area contributed by atoms with E-state index >= 15 is 0 Å². The van der Waals surface area contributed by atoms with Crippen molar-refractivity contribution in [3.8, 4) is 0 Å². The molecule has 0 saturated carbocycles. The van der Waals surface area contributed by atoms with Crippen LogP contribution in [0.3, 0.4) is 0 Å². The molecule has 33 heavy (non-hydrogen) atoms. The van der Waals surface area contributed by atoms with Crippen molar-refractivity contribution in [3.05, 3.63) is 106 Å². The molecule has 0 spiro atoms. The molecule has 5 rings (SSSR count). The van der Waals surface area contributed by atoms with Crippen molar-refractivity contribution >= 4 is 45.6 Å². The first-order chi connectivity index (χ1) is 15.9. The number of anilines is 1. The molecule has 0 aliphatic carbocycles. The number of aliphatic hydroxyl groups is 1. The van der Waals surface area contributed by atoms with Crippen LogP contribution in [-0.2, 0) is 16.6 Å². The molecule has 2 heterocycles. The van der Waals surface area contributed by atoms with Crippen LogP contribution in [-0.4, -0.2) is 21.4 Å². The van der Waals surface area contributed by atoms with E-state index in [1.165, 1.54) is 4.90 Å². The van der Waals surface area contributed by atoms with Crippen molar-refractivity contribution in [2.75, 3.05) is 4.90 Å². The molecule has 1 amide bonds. The van der Waals surface area contributed by atoms with Crippen molar-refractivity contribution in [1.82, 2.24) is 4.57 Å². The molecule has 1 atom stereocenters. The number of Topliss-reactive ketones (excluding diaryl/α,β-unsaturated/α-hetero) is 1. The number of aryl methyl sites for hydroxylation is 2. The third-order valence-electron chi connectivity index (χ3n) is 6.08. The van der Waals surface area contributed by atoms with Crippen molar-refractivity contribution < 1.29 is 14.7 Å². The summed E-state index contributed by atoms with van der Waals surface area (Å²) >= 11 is 6.22. The molecule has 1 fully saturated rings. The normalized spacial score (nSPS) is 17.8. The first-order valence-corrected chi connectivity index (χ1v) is 10.9. The van der Waals surface area contributed by atoms with E-state index in [0.29, 0.717) is 16.3 Å². The zero-order valence-corrected chi connectivity index (χ0v) is 18.9. The number of fused-ring (bicyclic) bond motifs is 1. The first-order valence-electron chi connectivity index (χ1n) is 10.5. The fourth-order valence-corrected chi connectivity index (χ4v) is 4.66. The molecule has 6 heteroatoms. The highest BCUT2D eigenvalue weighted by molar-refractivity contribution is 6.52. The number of aromatic nitrogens is 1. The molecule has 0 bridgehead atoms. The smallest absolute Gasteiger partial charge is 0.300 e.